The molecule has 1 aromatic rings. The molecule has 0 saturated carbocycles. The van der Waals surface area contributed by atoms with E-state index in [2.05, 4.69) is 46.2 Å². The second-order valence-electron chi connectivity index (χ2n) is 5.39. The van der Waals surface area contributed by atoms with E-state index in [0.29, 0.717) is 6.04 Å². The fourth-order valence-corrected chi connectivity index (χ4v) is 3.99. The number of benzene rings is 1. The number of nitrogens with one attached hydrogen (secondary N) is 1. The first-order valence-electron chi connectivity index (χ1n) is 7.06. The summed E-state index contributed by atoms with van der Waals surface area (Å²) >= 11 is 2.06. The van der Waals surface area contributed by atoms with Crippen molar-refractivity contribution in [2.75, 3.05) is 29.9 Å². The van der Waals surface area contributed by atoms with Gasteiger partial charge in [0.15, 0.2) is 0 Å². The Morgan fingerprint density at radius 1 is 1.28 bits per heavy atom. The molecule has 2 nitrogen and oxygen atoms in total. The van der Waals surface area contributed by atoms with Crippen molar-refractivity contribution in [3.05, 3.63) is 29.8 Å². The number of nitrogens with zero attached hydrogens (tertiary/aromatic N) is 1. The van der Waals surface area contributed by atoms with Crippen molar-refractivity contribution in [1.82, 2.24) is 4.90 Å². The molecule has 1 unspecified atom stereocenters. The van der Waals surface area contributed by atoms with Crippen molar-refractivity contribution in [1.29, 1.82) is 0 Å². The Labute approximate surface area is 114 Å². The van der Waals surface area contributed by atoms with Gasteiger partial charge < -0.3 is 5.32 Å². The van der Waals surface area contributed by atoms with Crippen molar-refractivity contribution in [2.24, 2.45) is 0 Å². The zero-order valence-electron chi connectivity index (χ0n) is 10.9. The fourth-order valence-electron chi connectivity index (χ4n) is 2.84. The van der Waals surface area contributed by atoms with Gasteiger partial charge in [0.25, 0.3) is 0 Å². The van der Waals surface area contributed by atoms with Crippen LogP contribution in [-0.2, 0) is 6.54 Å². The lowest BCUT2D eigenvalue weighted by Crippen LogP contribution is -2.20. The maximum Gasteiger partial charge on any atom is 0.0359 e. The van der Waals surface area contributed by atoms with Crippen LogP contribution >= 0.6 is 11.8 Å². The minimum Gasteiger partial charge on any atom is -0.381 e. The van der Waals surface area contributed by atoms with E-state index in [1.807, 2.05) is 0 Å². The van der Waals surface area contributed by atoms with E-state index < -0.39 is 0 Å². The summed E-state index contributed by atoms with van der Waals surface area (Å²) in [5.41, 5.74) is 2.76. The third-order valence-electron chi connectivity index (χ3n) is 3.83. The molecule has 0 aliphatic carbocycles. The lowest BCUT2D eigenvalue weighted by atomic mass is 10.1. The highest BCUT2D eigenvalue weighted by molar-refractivity contribution is 7.99. The Morgan fingerprint density at radius 2 is 2.17 bits per heavy atom. The number of rotatable bonds is 4. The minimum atomic E-state index is 0.678. The van der Waals surface area contributed by atoms with Gasteiger partial charge in [-0.05, 0) is 55.8 Å². The lowest BCUT2D eigenvalue weighted by molar-refractivity contribution is 0.331. The number of hydrogen-bond acceptors (Lipinski definition) is 3. The molecule has 3 heteroatoms. The van der Waals surface area contributed by atoms with Crippen LogP contribution in [0.1, 0.15) is 24.8 Å². The third kappa shape index (κ3) is 3.21. The van der Waals surface area contributed by atoms with Gasteiger partial charge in [-0.3, -0.25) is 4.90 Å². The second kappa shape index (κ2) is 5.98. The number of likely N-dealkylation sites (tertiary alicyclic amines) is 1. The first-order valence-corrected chi connectivity index (χ1v) is 8.21. The molecule has 2 fully saturated rings. The maximum atomic E-state index is 3.67. The molecule has 0 amide bonds. The second-order valence-corrected chi connectivity index (χ2v) is 6.54. The number of thioether (sulfide) groups is 1. The number of anilines is 1. The van der Waals surface area contributed by atoms with Gasteiger partial charge in [0.2, 0.25) is 0 Å². The molecule has 0 spiro atoms. The third-order valence-corrected chi connectivity index (χ3v) is 4.99. The predicted molar refractivity (Wildman–Crippen MR) is 80.3 cm³/mol. The fraction of sp³-hybridized carbons (Fsp3) is 0.600. The van der Waals surface area contributed by atoms with Crippen molar-refractivity contribution < 1.29 is 0 Å². The topological polar surface area (TPSA) is 15.3 Å². The molecular weight excluding hydrogens is 240 g/mol. The van der Waals surface area contributed by atoms with Crippen molar-refractivity contribution >= 4 is 17.4 Å². The summed E-state index contributed by atoms with van der Waals surface area (Å²) in [6.07, 6.45) is 4.05. The summed E-state index contributed by atoms with van der Waals surface area (Å²) in [7, 11) is 0. The zero-order valence-corrected chi connectivity index (χ0v) is 11.7. The summed E-state index contributed by atoms with van der Waals surface area (Å²) in [6, 6.07) is 9.66. The molecule has 18 heavy (non-hydrogen) atoms. The van der Waals surface area contributed by atoms with E-state index in [4.69, 9.17) is 0 Å². The smallest absolute Gasteiger partial charge is 0.0359 e. The highest BCUT2D eigenvalue weighted by atomic mass is 32.2. The summed E-state index contributed by atoms with van der Waals surface area (Å²) in [5.74, 6) is 2.57. The summed E-state index contributed by atoms with van der Waals surface area (Å²) in [6.45, 7) is 3.67. The van der Waals surface area contributed by atoms with E-state index in [-0.39, 0.29) is 0 Å². The molecule has 1 N–H and O–H groups in total. The van der Waals surface area contributed by atoms with E-state index in [9.17, 15) is 0 Å². The van der Waals surface area contributed by atoms with Crippen LogP contribution in [0, 0.1) is 0 Å². The Balaban J connectivity index is 1.60. The molecule has 2 aliphatic heterocycles. The van der Waals surface area contributed by atoms with E-state index in [1.165, 1.54) is 55.1 Å². The Morgan fingerprint density at radius 3 is 2.94 bits per heavy atom. The van der Waals surface area contributed by atoms with E-state index in [0.717, 1.165) is 6.54 Å². The SMILES string of the molecule is c1cc(CN2CCCC2)cc(NC2CCSC2)c1. The highest BCUT2D eigenvalue weighted by Crippen LogP contribution is 2.22. The molecule has 2 heterocycles. The van der Waals surface area contributed by atoms with Gasteiger partial charge in [0.05, 0.1) is 0 Å². The molecule has 1 aromatic carbocycles. The first kappa shape index (κ1) is 12.4. The molecule has 3 rings (SSSR count). The van der Waals surface area contributed by atoms with Gasteiger partial charge in [-0.25, -0.2) is 0 Å². The summed E-state index contributed by atoms with van der Waals surface area (Å²) < 4.78 is 0. The molecule has 0 bridgehead atoms. The van der Waals surface area contributed by atoms with Crippen LogP contribution in [0.15, 0.2) is 24.3 Å². The Kier molecular flexibility index (Phi) is 4.11. The highest BCUT2D eigenvalue weighted by Gasteiger charge is 2.15. The van der Waals surface area contributed by atoms with Crippen LogP contribution in [0.25, 0.3) is 0 Å². The summed E-state index contributed by atoms with van der Waals surface area (Å²) in [5, 5.41) is 3.67. The normalized spacial score (nSPS) is 24.6. The van der Waals surface area contributed by atoms with Crippen LogP contribution in [0.2, 0.25) is 0 Å². The first-order chi connectivity index (χ1) is 8.90. The van der Waals surface area contributed by atoms with Crippen LogP contribution < -0.4 is 5.32 Å². The predicted octanol–water partition coefficient (Wildman–Crippen LogP) is 3.20. The maximum absolute atomic E-state index is 3.67. The van der Waals surface area contributed by atoms with Gasteiger partial charge >= 0.3 is 0 Å². The van der Waals surface area contributed by atoms with Crippen molar-refractivity contribution in [3.63, 3.8) is 0 Å². The van der Waals surface area contributed by atoms with Gasteiger partial charge in [0.1, 0.15) is 0 Å². The van der Waals surface area contributed by atoms with Gasteiger partial charge in [-0.15, -0.1) is 0 Å². The molecule has 98 valence electrons. The van der Waals surface area contributed by atoms with Gasteiger partial charge in [-0.2, -0.15) is 11.8 Å². The molecular formula is C15H22N2S. The minimum absolute atomic E-state index is 0.678. The average molecular weight is 262 g/mol. The molecule has 1 atom stereocenters. The van der Waals surface area contributed by atoms with Crippen LogP contribution in [0.5, 0.6) is 0 Å². The Bertz CT molecular complexity index is 349. The molecule has 2 aliphatic rings. The lowest BCUT2D eigenvalue weighted by Gasteiger charge is -2.17. The molecule has 0 aromatic heterocycles. The Hall–Kier alpha value is -0.670. The zero-order chi connectivity index (χ0) is 12.2. The standard InChI is InChI=1S/C15H22N2S/c1-2-8-17(7-1)11-13-4-3-5-14(10-13)16-15-6-9-18-12-15/h3-5,10,15-16H,1-2,6-9,11-12H2. The van der Waals surface area contributed by atoms with Gasteiger partial charge in [-0.1, -0.05) is 12.1 Å². The molecule has 2 saturated heterocycles. The molecule has 0 radical (unpaired) electrons. The summed E-state index contributed by atoms with van der Waals surface area (Å²) in [4.78, 5) is 2.56. The number of hydrogen-bond donors (Lipinski definition) is 1. The van der Waals surface area contributed by atoms with Crippen molar-refractivity contribution in [2.45, 2.75) is 31.8 Å². The monoisotopic (exact) mass is 262 g/mol. The van der Waals surface area contributed by atoms with Crippen LogP contribution in [0.3, 0.4) is 0 Å². The van der Waals surface area contributed by atoms with Crippen LogP contribution in [-0.4, -0.2) is 35.5 Å². The van der Waals surface area contributed by atoms with E-state index in [1.54, 1.807) is 0 Å². The van der Waals surface area contributed by atoms with Crippen LogP contribution in [0.4, 0.5) is 5.69 Å². The van der Waals surface area contributed by atoms with E-state index >= 15 is 0 Å². The average Bonchev–Trinajstić information content (AvgIpc) is 3.03. The van der Waals surface area contributed by atoms with Crippen molar-refractivity contribution in [3.8, 4) is 0 Å². The largest absolute Gasteiger partial charge is 0.381 e. The quantitative estimate of drug-likeness (QED) is 0.897. The van der Waals surface area contributed by atoms with Gasteiger partial charge in [0, 0.05) is 24.0 Å².